The standard InChI is InChI=1S/C13H8Cl2N2O4/c14-9-2-1-7(3-10(9)15)8-4-12(17(20)21)11(16-6-8)5-13(18)19/h1-4,6H,5H2,(H,18,19). The molecule has 0 unspecified atom stereocenters. The zero-order chi connectivity index (χ0) is 15.6. The largest absolute Gasteiger partial charge is 0.481 e. The third-order valence-electron chi connectivity index (χ3n) is 2.72. The van der Waals surface area contributed by atoms with Crippen molar-refractivity contribution in [3.8, 4) is 11.1 Å². The summed E-state index contributed by atoms with van der Waals surface area (Å²) in [6.45, 7) is 0. The van der Waals surface area contributed by atoms with Crippen molar-refractivity contribution in [2.24, 2.45) is 0 Å². The molecular formula is C13H8Cl2N2O4. The van der Waals surface area contributed by atoms with Crippen LogP contribution in [0.5, 0.6) is 0 Å². The first-order valence-corrected chi connectivity index (χ1v) is 6.44. The molecule has 6 nitrogen and oxygen atoms in total. The second-order valence-corrected chi connectivity index (χ2v) is 4.96. The van der Waals surface area contributed by atoms with Crippen molar-refractivity contribution < 1.29 is 14.8 Å². The number of pyridine rings is 1. The van der Waals surface area contributed by atoms with Crippen LogP contribution in [0, 0.1) is 10.1 Å². The molecule has 0 bridgehead atoms. The van der Waals surface area contributed by atoms with Crippen LogP contribution < -0.4 is 0 Å². The number of hydrogen-bond acceptors (Lipinski definition) is 4. The minimum absolute atomic E-state index is 0.101. The Kier molecular flexibility index (Phi) is 4.40. The third-order valence-corrected chi connectivity index (χ3v) is 3.45. The van der Waals surface area contributed by atoms with Crippen LogP contribution in [0.15, 0.2) is 30.5 Å². The Morgan fingerprint density at radius 3 is 2.52 bits per heavy atom. The summed E-state index contributed by atoms with van der Waals surface area (Å²) in [4.78, 5) is 24.9. The van der Waals surface area contributed by atoms with E-state index in [0.29, 0.717) is 21.2 Å². The molecule has 0 aliphatic rings. The summed E-state index contributed by atoms with van der Waals surface area (Å²) in [6, 6.07) is 6.04. The van der Waals surface area contributed by atoms with Crippen LogP contribution in [-0.2, 0) is 11.2 Å². The quantitative estimate of drug-likeness (QED) is 0.684. The molecule has 0 saturated carbocycles. The maximum Gasteiger partial charge on any atom is 0.309 e. The Morgan fingerprint density at radius 2 is 1.95 bits per heavy atom. The number of nitro groups is 1. The predicted octanol–water partition coefficient (Wildman–Crippen LogP) is 3.59. The lowest BCUT2D eigenvalue weighted by Crippen LogP contribution is -2.06. The van der Waals surface area contributed by atoms with Gasteiger partial charge in [-0.25, -0.2) is 0 Å². The molecule has 0 radical (unpaired) electrons. The zero-order valence-electron chi connectivity index (χ0n) is 10.4. The van der Waals surface area contributed by atoms with Crippen LogP contribution in [-0.4, -0.2) is 21.0 Å². The minimum Gasteiger partial charge on any atom is -0.481 e. The SMILES string of the molecule is O=C(O)Cc1ncc(-c2ccc(Cl)c(Cl)c2)cc1[N+](=O)[O-]. The van der Waals surface area contributed by atoms with E-state index >= 15 is 0 Å². The van der Waals surface area contributed by atoms with Crippen molar-refractivity contribution in [1.82, 2.24) is 4.98 Å². The summed E-state index contributed by atoms with van der Waals surface area (Å²) in [5, 5.41) is 20.4. The highest BCUT2D eigenvalue weighted by Crippen LogP contribution is 2.30. The smallest absolute Gasteiger partial charge is 0.309 e. The first-order valence-electron chi connectivity index (χ1n) is 5.69. The number of benzene rings is 1. The van der Waals surface area contributed by atoms with Gasteiger partial charge in [0.25, 0.3) is 5.69 Å². The van der Waals surface area contributed by atoms with Gasteiger partial charge >= 0.3 is 5.97 Å². The number of halogens is 2. The number of carbonyl (C=O) groups is 1. The fourth-order valence-electron chi connectivity index (χ4n) is 1.75. The lowest BCUT2D eigenvalue weighted by atomic mass is 10.1. The molecule has 0 aliphatic heterocycles. The van der Waals surface area contributed by atoms with Gasteiger partial charge in [0.1, 0.15) is 5.69 Å². The summed E-state index contributed by atoms with van der Waals surface area (Å²) in [7, 11) is 0. The fraction of sp³-hybridized carbons (Fsp3) is 0.0769. The molecule has 2 rings (SSSR count). The van der Waals surface area contributed by atoms with E-state index in [-0.39, 0.29) is 11.4 Å². The van der Waals surface area contributed by atoms with Crippen molar-refractivity contribution in [2.45, 2.75) is 6.42 Å². The Balaban J connectivity index is 2.50. The van der Waals surface area contributed by atoms with Crippen LogP contribution in [0.3, 0.4) is 0 Å². The summed E-state index contributed by atoms with van der Waals surface area (Å²) in [5.41, 5.74) is 0.605. The maximum absolute atomic E-state index is 11.0. The molecule has 0 aliphatic carbocycles. The molecule has 0 fully saturated rings. The summed E-state index contributed by atoms with van der Waals surface area (Å²) in [6.07, 6.45) is 0.850. The van der Waals surface area contributed by atoms with Crippen LogP contribution in [0.1, 0.15) is 5.69 Å². The van der Waals surface area contributed by atoms with Crippen molar-refractivity contribution in [3.63, 3.8) is 0 Å². The van der Waals surface area contributed by atoms with Gasteiger partial charge in [0, 0.05) is 17.8 Å². The lowest BCUT2D eigenvalue weighted by Gasteiger charge is -2.05. The molecule has 2 aromatic rings. The Bertz CT molecular complexity index is 734. The lowest BCUT2D eigenvalue weighted by molar-refractivity contribution is -0.385. The number of carboxylic acid groups (broad SMARTS) is 1. The van der Waals surface area contributed by atoms with Crippen LogP contribution >= 0.6 is 23.2 Å². The van der Waals surface area contributed by atoms with Gasteiger partial charge < -0.3 is 5.11 Å². The molecule has 1 N–H and O–H groups in total. The average Bonchev–Trinajstić information content (AvgIpc) is 2.41. The van der Waals surface area contributed by atoms with E-state index in [4.69, 9.17) is 28.3 Å². The van der Waals surface area contributed by atoms with Gasteiger partial charge in [0.15, 0.2) is 0 Å². The van der Waals surface area contributed by atoms with Crippen molar-refractivity contribution in [1.29, 1.82) is 0 Å². The molecule has 1 aromatic carbocycles. The molecular weight excluding hydrogens is 319 g/mol. The molecule has 1 heterocycles. The Morgan fingerprint density at radius 1 is 1.24 bits per heavy atom. The topological polar surface area (TPSA) is 93.3 Å². The third kappa shape index (κ3) is 3.48. The van der Waals surface area contributed by atoms with Gasteiger partial charge in [0.05, 0.1) is 21.4 Å². The highest BCUT2D eigenvalue weighted by atomic mass is 35.5. The number of aromatic nitrogens is 1. The van der Waals surface area contributed by atoms with E-state index in [1.807, 2.05) is 0 Å². The number of hydrogen-bond donors (Lipinski definition) is 1. The van der Waals surface area contributed by atoms with Crippen molar-refractivity contribution in [2.75, 3.05) is 0 Å². The number of nitrogens with zero attached hydrogens (tertiary/aromatic N) is 2. The van der Waals surface area contributed by atoms with Crippen LogP contribution in [0.2, 0.25) is 10.0 Å². The first-order chi connectivity index (χ1) is 9.88. The zero-order valence-corrected chi connectivity index (χ0v) is 11.9. The van der Waals surface area contributed by atoms with E-state index in [1.165, 1.54) is 12.3 Å². The molecule has 0 saturated heterocycles. The predicted molar refractivity (Wildman–Crippen MR) is 77.7 cm³/mol. The van der Waals surface area contributed by atoms with Gasteiger partial charge in [-0.3, -0.25) is 19.9 Å². The first kappa shape index (κ1) is 15.2. The van der Waals surface area contributed by atoms with E-state index in [0.717, 1.165) is 0 Å². The molecule has 108 valence electrons. The molecule has 0 atom stereocenters. The van der Waals surface area contributed by atoms with Gasteiger partial charge in [-0.1, -0.05) is 29.3 Å². The molecule has 1 aromatic heterocycles. The van der Waals surface area contributed by atoms with E-state index in [1.54, 1.807) is 18.2 Å². The van der Waals surface area contributed by atoms with Gasteiger partial charge in [-0.05, 0) is 17.7 Å². The van der Waals surface area contributed by atoms with Crippen LogP contribution in [0.25, 0.3) is 11.1 Å². The maximum atomic E-state index is 11.0. The van der Waals surface area contributed by atoms with E-state index in [2.05, 4.69) is 4.98 Å². The summed E-state index contributed by atoms with van der Waals surface area (Å²) >= 11 is 11.7. The molecule has 0 amide bonds. The highest BCUT2D eigenvalue weighted by Gasteiger charge is 2.19. The van der Waals surface area contributed by atoms with E-state index in [9.17, 15) is 14.9 Å². The molecule has 8 heteroatoms. The monoisotopic (exact) mass is 326 g/mol. The van der Waals surface area contributed by atoms with Crippen molar-refractivity contribution in [3.05, 3.63) is 56.3 Å². The Labute approximate surface area is 129 Å². The highest BCUT2D eigenvalue weighted by molar-refractivity contribution is 6.42. The minimum atomic E-state index is -1.19. The number of carboxylic acids is 1. The average molecular weight is 327 g/mol. The molecule has 21 heavy (non-hydrogen) atoms. The fourth-order valence-corrected chi connectivity index (χ4v) is 2.05. The van der Waals surface area contributed by atoms with Gasteiger partial charge in [-0.15, -0.1) is 0 Å². The van der Waals surface area contributed by atoms with E-state index < -0.39 is 17.3 Å². The normalized spacial score (nSPS) is 10.4. The van der Waals surface area contributed by atoms with Crippen molar-refractivity contribution >= 4 is 34.9 Å². The number of rotatable bonds is 4. The summed E-state index contributed by atoms with van der Waals surface area (Å²) < 4.78 is 0. The second kappa shape index (κ2) is 6.07. The van der Waals surface area contributed by atoms with Crippen LogP contribution in [0.4, 0.5) is 5.69 Å². The van der Waals surface area contributed by atoms with Gasteiger partial charge in [-0.2, -0.15) is 0 Å². The van der Waals surface area contributed by atoms with Gasteiger partial charge in [0.2, 0.25) is 0 Å². The molecule has 0 spiro atoms. The second-order valence-electron chi connectivity index (χ2n) is 4.15. The Hall–Kier alpha value is -2.18. The summed E-state index contributed by atoms with van der Waals surface area (Å²) in [5.74, 6) is -1.19. The number of aliphatic carboxylic acids is 1.